The second-order valence-electron chi connectivity index (χ2n) is 9.18. The maximum atomic E-state index is 12.5. The van der Waals surface area contributed by atoms with Crippen LogP contribution in [-0.2, 0) is 4.79 Å². The lowest BCUT2D eigenvalue weighted by Gasteiger charge is -2.34. The van der Waals surface area contributed by atoms with E-state index in [2.05, 4.69) is 46.5 Å². The lowest BCUT2D eigenvalue weighted by molar-refractivity contribution is -0.134. The van der Waals surface area contributed by atoms with E-state index >= 15 is 0 Å². The number of carbonyl (C=O) groups is 1. The van der Waals surface area contributed by atoms with E-state index in [1.165, 1.54) is 0 Å². The summed E-state index contributed by atoms with van der Waals surface area (Å²) in [4.78, 5) is 27.7. The topological polar surface area (TPSA) is 73.1 Å². The van der Waals surface area contributed by atoms with E-state index in [-0.39, 0.29) is 11.3 Å². The molecule has 158 valence electrons. The summed E-state index contributed by atoms with van der Waals surface area (Å²) >= 11 is 0. The van der Waals surface area contributed by atoms with E-state index in [0.717, 1.165) is 42.7 Å². The Hall–Kier alpha value is -2.96. The fourth-order valence-electron chi connectivity index (χ4n) is 3.96. The molecule has 0 atom stereocenters. The van der Waals surface area contributed by atoms with E-state index < -0.39 is 0 Å². The van der Waals surface area contributed by atoms with Crippen molar-refractivity contribution in [2.45, 2.75) is 53.0 Å². The fraction of sp³-hybridized carbons (Fsp3) is 0.478. The number of pyridine rings is 1. The van der Waals surface area contributed by atoms with Gasteiger partial charge in [-0.3, -0.25) is 9.78 Å². The number of piperidine rings is 1. The molecule has 0 unspecified atom stereocenters. The smallest absolute Gasteiger partial charge is 0.231 e. The number of nitrogens with zero attached hydrogens (tertiary/aromatic N) is 5. The van der Waals surface area contributed by atoms with Gasteiger partial charge in [-0.1, -0.05) is 20.8 Å². The van der Waals surface area contributed by atoms with Crippen LogP contribution in [0.3, 0.4) is 0 Å². The number of hydrogen-bond acceptors (Lipinski definition) is 5. The Morgan fingerprint density at radius 3 is 2.63 bits per heavy atom. The van der Waals surface area contributed by atoms with Crippen LogP contribution in [-0.4, -0.2) is 43.4 Å². The summed E-state index contributed by atoms with van der Waals surface area (Å²) in [5, 5.41) is 0.881. The first kappa shape index (κ1) is 20.3. The quantitative estimate of drug-likeness (QED) is 0.635. The normalized spacial score (nSPS) is 15.5. The molecule has 7 nitrogen and oxygen atoms in total. The number of aromatic nitrogens is 4. The van der Waals surface area contributed by atoms with Crippen LogP contribution >= 0.6 is 0 Å². The van der Waals surface area contributed by atoms with Gasteiger partial charge in [0.15, 0.2) is 5.75 Å². The third kappa shape index (κ3) is 4.30. The number of carbonyl (C=O) groups excluding carboxylic acids is 1. The van der Waals surface area contributed by atoms with Gasteiger partial charge in [-0.15, -0.1) is 0 Å². The van der Waals surface area contributed by atoms with E-state index in [9.17, 15) is 4.79 Å². The zero-order valence-electron chi connectivity index (χ0n) is 18.1. The van der Waals surface area contributed by atoms with Crippen molar-refractivity contribution in [3.8, 4) is 11.6 Å². The van der Waals surface area contributed by atoms with Crippen LogP contribution in [0.4, 0.5) is 0 Å². The van der Waals surface area contributed by atoms with Crippen LogP contribution in [0.5, 0.6) is 11.6 Å². The SMILES string of the molecule is Cc1ncccc1Oc1ncnc2c1ccn2C1CCN(C(=O)CC(C)(C)C)CC1. The molecule has 4 heterocycles. The van der Waals surface area contributed by atoms with Gasteiger partial charge >= 0.3 is 0 Å². The summed E-state index contributed by atoms with van der Waals surface area (Å²) in [6.45, 7) is 9.79. The Morgan fingerprint density at radius 2 is 1.93 bits per heavy atom. The van der Waals surface area contributed by atoms with Crippen LogP contribution in [0.25, 0.3) is 11.0 Å². The predicted molar refractivity (Wildman–Crippen MR) is 115 cm³/mol. The van der Waals surface area contributed by atoms with Crippen molar-refractivity contribution in [3.05, 3.63) is 42.6 Å². The van der Waals surface area contributed by atoms with Crippen molar-refractivity contribution in [2.24, 2.45) is 5.41 Å². The highest BCUT2D eigenvalue weighted by atomic mass is 16.5. The van der Waals surface area contributed by atoms with Gasteiger partial charge in [-0.25, -0.2) is 9.97 Å². The second-order valence-corrected chi connectivity index (χ2v) is 9.18. The summed E-state index contributed by atoms with van der Waals surface area (Å²) in [6.07, 6.45) is 7.77. The molecular formula is C23H29N5O2. The summed E-state index contributed by atoms with van der Waals surface area (Å²) in [5.41, 5.74) is 1.70. The van der Waals surface area contributed by atoms with Gasteiger partial charge in [-0.2, -0.15) is 0 Å². The van der Waals surface area contributed by atoms with Crippen LogP contribution in [0.2, 0.25) is 0 Å². The average molecular weight is 408 g/mol. The molecule has 1 aliphatic heterocycles. The summed E-state index contributed by atoms with van der Waals surface area (Å²) < 4.78 is 8.24. The van der Waals surface area contributed by atoms with Crippen LogP contribution in [0.15, 0.2) is 36.9 Å². The van der Waals surface area contributed by atoms with Crippen molar-refractivity contribution in [3.63, 3.8) is 0 Å². The van der Waals surface area contributed by atoms with Crippen molar-refractivity contribution in [1.29, 1.82) is 0 Å². The molecule has 3 aromatic rings. The molecule has 1 amide bonds. The Morgan fingerprint density at radius 1 is 1.17 bits per heavy atom. The first-order valence-corrected chi connectivity index (χ1v) is 10.5. The van der Waals surface area contributed by atoms with Gasteiger partial charge in [0.2, 0.25) is 11.8 Å². The molecule has 0 N–H and O–H groups in total. The number of amides is 1. The van der Waals surface area contributed by atoms with Crippen LogP contribution in [0, 0.1) is 12.3 Å². The van der Waals surface area contributed by atoms with E-state index in [1.54, 1.807) is 12.5 Å². The molecule has 0 aliphatic carbocycles. The first-order valence-electron chi connectivity index (χ1n) is 10.5. The number of rotatable bonds is 4. The molecule has 1 fully saturated rings. The third-order valence-electron chi connectivity index (χ3n) is 5.53. The van der Waals surface area contributed by atoms with Gasteiger partial charge < -0.3 is 14.2 Å². The van der Waals surface area contributed by atoms with Crippen LogP contribution in [0.1, 0.15) is 51.8 Å². The van der Waals surface area contributed by atoms with Crippen molar-refractivity contribution in [1.82, 2.24) is 24.4 Å². The highest BCUT2D eigenvalue weighted by Gasteiger charge is 2.27. The molecule has 4 rings (SSSR count). The molecule has 0 bridgehead atoms. The number of ether oxygens (including phenoxy) is 1. The van der Waals surface area contributed by atoms with Crippen molar-refractivity contribution < 1.29 is 9.53 Å². The second kappa shape index (κ2) is 8.05. The maximum absolute atomic E-state index is 12.5. The minimum atomic E-state index is 0.0184. The summed E-state index contributed by atoms with van der Waals surface area (Å²) in [7, 11) is 0. The predicted octanol–water partition coefficient (Wildman–Crippen LogP) is 4.53. The lowest BCUT2D eigenvalue weighted by Crippen LogP contribution is -2.40. The monoisotopic (exact) mass is 407 g/mol. The third-order valence-corrected chi connectivity index (χ3v) is 5.53. The molecule has 1 aliphatic rings. The van der Waals surface area contributed by atoms with E-state index in [1.807, 2.05) is 30.0 Å². The molecular weight excluding hydrogens is 378 g/mol. The van der Waals surface area contributed by atoms with Gasteiger partial charge in [-0.05, 0) is 43.4 Å². The van der Waals surface area contributed by atoms with Gasteiger partial charge in [0, 0.05) is 37.9 Å². The van der Waals surface area contributed by atoms with Gasteiger partial charge in [0.05, 0.1) is 11.1 Å². The number of likely N-dealkylation sites (tertiary alicyclic amines) is 1. The van der Waals surface area contributed by atoms with E-state index in [0.29, 0.717) is 24.1 Å². The molecule has 0 aromatic carbocycles. The molecule has 0 radical (unpaired) electrons. The zero-order valence-corrected chi connectivity index (χ0v) is 18.1. The van der Waals surface area contributed by atoms with Crippen LogP contribution < -0.4 is 4.74 Å². The van der Waals surface area contributed by atoms with Gasteiger partial charge in [0.1, 0.15) is 12.0 Å². The minimum absolute atomic E-state index is 0.0184. The summed E-state index contributed by atoms with van der Waals surface area (Å²) in [5.74, 6) is 1.48. The van der Waals surface area contributed by atoms with Crippen molar-refractivity contribution >= 4 is 16.9 Å². The highest BCUT2D eigenvalue weighted by Crippen LogP contribution is 2.32. The molecule has 0 spiro atoms. The number of aryl methyl sites for hydroxylation is 1. The molecule has 0 saturated carbocycles. The number of hydrogen-bond donors (Lipinski definition) is 0. The summed E-state index contributed by atoms with van der Waals surface area (Å²) in [6, 6.07) is 6.05. The Labute approximate surface area is 177 Å². The standard InChI is InChI=1S/C23H29N5O2/c1-16-19(6-5-10-24-16)30-22-18-9-13-28(21(18)25-15-26-22)17-7-11-27(12-8-17)20(29)14-23(2,3)4/h5-6,9-10,13,15,17H,7-8,11-12,14H2,1-4H3. The fourth-order valence-corrected chi connectivity index (χ4v) is 3.96. The van der Waals surface area contributed by atoms with E-state index in [4.69, 9.17) is 4.74 Å². The molecule has 1 saturated heterocycles. The first-order chi connectivity index (χ1) is 14.3. The largest absolute Gasteiger partial charge is 0.436 e. The minimum Gasteiger partial charge on any atom is -0.436 e. The maximum Gasteiger partial charge on any atom is 0.231 e. The number of fused-ring (bicyclic) bond motifs is 1. The highest BCUT2D eigenvalue weighted by molar-refractivity contribution is 5.81. The average Bonchev–Trinajstić information content (AvgIpc) is 3.14. The lowest BCUT2D eigenvalue weighted by atomic mass is 9.91. The Balaban J connectivity index is 1.50. The molecule has 7 heteroatoms. The van der Waals surface area contributed by atoms with Gasteiger partial charge in [0.25, 0.3) is 0 Å². The molecule has 30 heavy (non-hydrogen) atoms. The molecule has 3 aromatic heterocycles. The Kier molecular flexibility index (Phi) is 5.45. The zero-order chi connectivity index (χ0) is 21.3. The Bertz CT molecular complexity index is 1050. The van der Waals surface area contributed by atoms with Crippen molar-refractivity contribution in [2.75, 3.05) is 13.1 Å².